The van der Waals surface area contributed by atoms with Crippen LogP contribution in [-0.4, -0.2) is 45.2 Å². The number of anilines is 1. The second kappa shape index (κ2) is 15.8. The van der Waals surface area contributed by atoms with Gasteiger partial charge in [0.05, 0.1) is 5.52 Å². The largest absolute Gasteiger partial charge is 0.384 e. The molecule has 1 aromatic heterocycles. The highest BCUT2D eigenvalue weighted by Gasteiger charge is 2.18. The maximum atomic E-state index is 11.3. The maximum Gasteiger partial charge on any atom is 0.267 e. The smallest absolute Gasteiger partial charge is 0.267 e. The number of hydroxylamine groups is 2. The van der Waals surface area contributed by atoms with Gasteiger partial charge in [0.2, 0.25) is 0 Å². The number of benzene rings is 3. The third-order valence-corrected chi connectivity index (χ3v) is 7.97. The minimum Gasteiger partial charge on any atom is -0.384 e. The summed E-state index contributed by atoms with van der Waals surface area (Å²) in [6.07, 6.45) is 11.3. The fourth-order valence-electron chi connectivity index (χ4n) is 5.71. The lowest BCUT2D eigenvalue weighted by Gasteiger charge is -2.24. The highest BCUT2D eigenvalue weighted by Crippen LogP contribution is 2.33. The van der Waals surface area contributed by atoms with Crippen LogP contribution < -0.4 is 16.3 Å². The Morgan fingerprint density at radius 2 is 1.36 bits per heavy atom. The summed E-state index contributed by atoms with van der Waals surface area (Å²) >= 11 is 0. The lowest BCUT2D eigenvalue weighted by molar-refractivity contribution is -0.124. The van der Waals surface area contributed by atoms with E-state index in [1.54, 1.807) is 23.1 Å². The average Bonchev–Trinajstić information content (AvgIpc) is 3.08. The minimum absolute atomic E-state index is 0.572. The molecule has 232 valence electrons. The molecule has 3 aromatic carbocycles. The zero-order valence-corrected chi connectivity index (χ0v) is 25.2. The number of nitrogens with zero attached hydrogens (tertiary/aromatic N) is 2. The number of aromatic nitrogens is 1. The van der Waals surface area contributed by atoms with Crippen molar-refractivity contribution in [1.29, 1.82) is 0 Å². The van der Waals surface area contributed by atoms with E-state index in [0.29, 0.717) is 0 Å². The summed E-state index contributed by atoms with van der Waals surface area (Å²) in [6, 6.07) is 24.4. The Kier molecular flexibility index (Phi) is 11.1. The van der Waals surface area contributed by atoms with Gasteiger partial charge in [-0.3, -0.25) is 29.9 Å². The molecule has 5 N–H and O–H groups in total. The van der Waals surface area contributed by atoms with Crippen LogP contribution in [0.25, 0.3) is 23.1 Å². The molecule has 0 saturated carbocycles. The fourth-order valence-corrected chi connectivity index (χ4v) is 5.71. The van der Waals surface area contributed by atoms with E-state index in [4.69, 9.17) is 15.4 Å². The molecule has 9 heteroatoms. The quantitative estimate of drug-likeness (QED) is 0.0577. The van der Waals surface area contributed by atoms with Crippen LogP contribution in [0.1, 0.15) is 52.8 Å². The molecule has 5 rings (SSSR count). The standard InChI is InChI=1S/C36H39N5O4/c42-34(39-44)20-18-26-10-14-28(15-11-26)24-41(25-29-16-12-27(13-17-29)19-21-35(43)40-45)23-5-22-37-36-30-6-1-3-8-32(30)38-33-9-4-2-7-31(33)36/h1,3,6,8,10-21,44-45H,2,4-5,7,9,22-25H2,(H,37,38)(H,39,42)(H,40,43)/b20-18+,21-19+. The topological polar surface area (TPSA) is 127 Å². The monoisotopic (exact) mass is 605 g/mol. The molecule has 9 nitrogen and oxygen atoms in total. The highest BCUT2D eigenvalue weighted by atomic mass is 16.5. The van der Waals surface area contributed by atoms with Gasteiger partial charge in [0.15, 0.2) is 0 Å². The summed E-state index contributed by atoms with van der Waals surface area (Å²) in [5.41, 5.74) is 12.1. The van der Waals surface area contributed by atoms with Crippen molar-refractivity contribution < 1.29 is 20.0 Å². The summed E-state index contributed by atoms with van der Waals surface area (Å²) in [6.45, 7) is 3.19. The van der Waals surface area contributed by atoms with Crippen molar-refractivity contribution in [3.63, 3.8) is 0 Å². The van der Waals surface area contributed by atoms with E-state index in [0.717, 1.165) is 73.2 Å². The van der Waals surface area contributed by atoms with Crippen LogP contribution in [0.2, 0.25) is 0 Å². The van der Waals surface area contributed by atoms with Gasteiger partial charge in [-0.05, 0) is 78.1 Å². The number of nitrogens with one attached hydrogen (secondary N) is 3. The average molecular weight is 606 g/mol. The zero-order chi connectivity index (χ0) is 31.4. The van der Waals surface area contributed by atoms with Gasteiger partial charge >= 0.3 is 0 Å². The Labute approximate surface area is 263 Å². The number of para-hydroxylation sites is 1. The van der Waals surface area contributed by atoms with Crippen molar-refractivity contribution in [2.24, 2.45) is 0 Å². The van der Waals surface area contributed by atoms with Gasteiger partial charge in [-0.1, -0.05) is 66.7 Å². The van der Waals surface area contributed by atoms with Crippen molar-refractivity contribution in [3.8, 4) is 0 Å². The molecule has 0 atom stereocenters. The summed E-state index contributed by atoms with van der Waals surface area (Å²) in [5, 5.41) is 22.4. The van der Waals surface area contributed by atoms with Gasteiger partial charge in [-0.25, -0.2) is 11.0 Å². The van der Waals surface area contributed by atoms with Gasteiger partial charge in [0.25, 0.3) is 11.8 Å². The second-order valence-electron chi connectivity index (χ2n) is 11.2. The van der Waals surface area contributed by atoms with E-state index in [-0.39, 0.29) is 0 Å². The van der Waals surface area contributed by atoms with Crippen LogP contribution >= 0.6 is 0 Å². The van der Waals surface area contributed by atoms with Gasteiger partial charge < -0.3 is 5.32 Å². The number of fused-ring (bicyclic) bond motifs is 2. The minimum atomic E-state index is -0.572. The molecule has 0 bridgehead atoms. The SMILES string of the molecule is O=C(/C=C/c1ccc(CN(CCCNc2c3c(nc4ccccc24)CCCC3)Cc2ccc(/C=C/C(=O)NO)cc2)cc1)NO. The Balaban J connectivity index is 1.27. The van der Waals surface area contributed by atoms with Gasteiger partial charge in [0, 0.05) is 55.1 Å². The first-order chi connectivity index (χ1) is 22.0. The summed E-state index contributed by atoms with van der Waals surface area (Å²) in [7, 11) is 0. The van der Waals surface area contributed by atoms with Gasteiger partial charge in [0.1, 0.15) is 0 Å². The first-order valence-electron chi connectivity index (χ1n) is 15.3. The molecule has 0 spiro atoms. The number of rotatable bonds is 13. The maximum absolute atomic E-state index is 11.3. The number of carbonyl (C=O) groups excluding carboxylic acids is 2. The molecule has 4 aromatic rings. The van der Waals surface area contributed by atoms with Crippen molar-refractivity contribution in [3.05, 3.63) is 118 Å². The van der Waals surface area contributed by atoms with Gasteiger partial charge in [-0.2, -0.15) is 0 Å². The van der Waals surface area contributed by atoms with E-state index >= 15 is 0 Å². The molecule has 1 aliphatic rings. The van der Waals surface area contributed by atoms with E-state index < -0.39 is 11.8 Å². The molecule has 2 amide bonds. The summed E-state index contributed by atoms with van der Waals surface area (Å²) in [4.78, 5) is 30.0. The summed E-state index contributed by atoms with van der Waals surface area (Å²) < 4.78 is 0. The molecule has 0 saturated heterocycles. The fraction of sp³-hybridized carbons (Fsp3) is 0.250. The van der Waals surface area contributed by atoms with E-state index in [1.165, 1.54) is 47.3 Å². The van der Waals surface area contributed by atoms with Crippen LogP contribution in [0.3, 0.4) is 0 Å². The van der Waals surface area contributed by atoms with Crippen molar-refractivity contribution in [2.75, 3.05) is 18.4 Å². The third-order valence-electron chi connectivity index (χ3n) is 7.97. The number of hydrogen-bond donors (Lipinski definition) is 5. The summed E-state index contributed by atoms with van der Waals surface area (Å²) in [5.74, 6) is -1.14. The van der Waals surface area contributed by atoms with Crippen LogP contribution in [0.5, 0.6) is 0 Å². The normalized spacial score (nSPS) is 13.0. The van der Waals surface area contributed by atoms with Crippen molar-refractivity contribution in [1.82, 2.24) is 20.8 Å². The molecule has 1 aliphatic carbocycles. The van der Waals surface area contributed by atoms with E-state index in [2.05, 4.69) is 58.7 Å². The van der Waals surface area contributed by atoms with Crippen LogP contribution in [0.15, 0.2) is 84.9 Å². The molecule has 45 heavy (non-hydrogen) atoms. The number of pyridine rings is 1. The van der Waals surface area contributed by atoms with Crippen molar-refractivity contribution >= 4 is 40.6 Å². The molecule has 0 aliphatic heterocycles. The van der Waals surface area contributed by atoms with E-state index in [1.807, 2.05) is 24.3 Å². The predicted octanol–water partition coefficient (Wildman–Crippen LogP) is 5.66. The molecular formula is C36H39N5O4. The van der Waals surface area contributed by atoms with Crippen LogP contribution in [-0.2, 0) is 35.5 Å². The number of aryl methyl sites for hydroxylation is 1. The lowest BCUT2D eigenvalue weighted by Crippen LogP contribution is -2.25. The first-order valence-corrected chi connectivity index (χ1v) is 15.3. The first kappa shape index (κ1) is 31.6. The Morgan fingerprint density at radius 1 is 0.778 bits per heavy atom. The number of carbonyl (C=O) groups is 2. The molecule has 0 fully saturated rings. The van der Waals surface area contributed by atoms with Crippen LogP contribution in [0, 0.1) is 0 Å². The molecular weight excluding hydrogens is 566 g/mol. The highest BCUT2D eigenvalue weighted by molar-refractivity contribution is 5.93. The Hall–Kier alpha value is -4.83. The molecule has 1 heterocycles. The van der Waals surface area contributed by atoms with Crippen molar-refractivity contribution in [2.45, 2.75) is 45.2 Å². The Bertz CT molecular complexity index is 1590. The third kappa shape index (κ3) is 8.86. The lowest BCUT2D eigenvalue weighted by atomic mass is 9.92. The zero-order valence-electron chi connectivity index (χ0n) is 25.2. The van der Waals surface area contributed by atoms with Gasteiger partial charge in [-0.15, -0.1) is 0 Å². The Morgan fingerprint density at radius 3 is 1.96 bits per heavy atom. The predicted molar refractivity (Wildman–Crippen MR) is 176 cm³/mol. The van der Waals surface area contributed by atoms with E-state index in [9.17, 15) is 9.59 Å². The second-order valence-corrected chi connectivity index (χ2v) is 11.2. The molecule has 0 unspecified atom stereocenters. The number of amides is 2. The van der Waals surface area contributed by atoms with Crippen LogP contribution in [0.4, 0.5) is 5.69 Å². The molecule has 0 radical (unpaired) electrons. The number of hydrogen-bond acceptors (Lipinski definition) is 7.